The van der Waals surface area contributed by atoms with Gasteiger partial charge in [-0.15, -0.1) is 0 Å². The predicted molar refractivity (Wildman–Crippen MR) is 77.6 cm³/mol. The summed E-state index contributed by atoms with van der Waals surface area (Å²) in [5, 5.41) is 2.74. The van der Waals surface area contributed by atoms with E-state index in [-0.39, 0.29) is 17.9 Å². The Bertz CT molecular complexity index is 392. The number of ether oxygens (including phenoxy) is 1. The lowest BCUT2D eigenvalue weighted by Crippen LogP contribution is -2.56. The van der Waals surface area contributed by atoms with Gasteiger partial charge >= 0.3 is 12.0 Å². The van der Waals surface area contributed by atoms with Gasteiger partial charge in [-0.2, -0.15) is 0 Å². The minimum Gasteiger partial charge on any atom is -0.467 e. The van der Waals surface area contributed by atoms with Gasteiger partial charge in [-0.25, -0.2) is 9.59 Å². The van der Waals surface area contributed by atoms with Crippen LogP contribution in [0.2, 0.25) is 0 Å². The molecule has 2 unspecified atom stereocenters. The standard InChI is InChI=1S/C14H25N3O4/c1-5-10(2)12(13(19)21-4)15-14(20)17-8-6-16(7-9-17)11(3)18/h10,12H,5-9H2,1-4H3,(H,15,20). The monoisotopic (exact) mass is 299 g/mol. The summed E-state index contributed by atoms with van der Waals surface area (Å²) >= 11 is 0. The van der Waals surface area contributed by atoms with Gasteiger partial charge in [-0.05, 0) is 5.92 Å². The van der Waals surface area contributed by atoms with Gasteiger partial charge in [0.15, 0.2) is 0 Å². The number of carbonyl (C=O) groups is 3. The number of urea groups is 1. The van der Waals surface area contributed by atoms with Crippen LogP contribution in [-0.2, 0) is 14.3 Å². The number of nitrogens with zero attached hydrogens (tertiary/aromatic N) is 2. The van der Waals surface area contributed by atoms with Gasteiger partial charge in [0, 0.05) is 33.1 Å². The van der Waals surface area contributed by atoms with Crippen LogP contribution in [0.15, 0.2) is 0 Å². The molecule has 1 heterocycles. The van der Waals surface area contributed by atoms with Crippen LogP contribution < -0.4 is 5.32 Å². The van der Waals surface area contributed by atoms with Crippen LogP contribution in [0.4, 0.5) is 4.79 Å². The second-order valence-corrected chi connectivity index (χ2v) is 5.33. The van der Waals surface area contributed by atoms with E-state index < -0.39 is 12.0 Å². The van der Waals surface area contributed by atoms with Crippen LogP contribution in [-0.4, -0.2) is 67.0 Å². The number of hydrogen-bond acceptors (Lipinski definition) is 4. The number of esters is 1. The summed E-state index contributed by atoms with van der Waals surface area (Å²) in [5.74, 6) is -0.415. The van der Waals surface area contributed by atoms with Crippen molar-refractivity contribution in [2.75, 3.05) is 33.3 Å². The van der Waals surface area contributed by atoms with Gasteiger partial charge in [0.2, 0.25) is 5.91 Å². The van der Waals surface area contributed by atoms with Crippen molar-refractivity contribution in [3.63, 3.8) is 0 Å². The van der Waals surface area contributed by atoms with Crippen molar-refractivity contribution >= 4 is 17.9 Å². The van der Waals surface area contributed by atoms with E-state index in [1.54, 1.807) is 9.80 Å². The van der Waals surface area contributed by atoms with Gasteiger partial charge in [-0.1, -0.05) is 20.3 Å². The zero-order chi connectivity index (χ0) is 16.0. The maximum Gasteiger partial charge on any atom is 0.328 e. The van der Waals surface area contributed by atoms with Crippen molar-refractivity contribution in [2.45, 2.75) is 33.2 Å². The number of nitrogens with one attached hydrogen (secondary N) is 1. The van der Waals surface area contributed by atoms with E-state index in [9.17, 15) is 14.4 Å². The average molecular weight is 299 g/mol. The number of hydrogen-bond donors (Lipinski definition) is 1. The Morgan fingerprint density at radius 1 is 1.14 bits per heavy atom. The zero-order valence-electron chi connectivity index (χ0n) is 13.2. The normalized spacial score (nSPS) is 17.9. The fourth-order valence-corrected chi connectivity index (χ4v) is 2.24. The van der Waals surface area contributed by atoms with Crippen LogP contribution in [0.5, 0.6) is 0 Å². The van der Waals surface area contributed by atoms with Crippen molar-refractivity contribution in [1.82, 2.24) is 15.1 Å². The Morgan fingerprint density at radius 2 is 1.67 bits per heavy atom. The highest BCUT2D eigenvalue weighted by Crippen LogP contribution is 2.10. The van der Waals surface area contributed by atoms with E-state index in [1.807, 2.05) is 13.8 Å². The number of piperazine rings is 1. The molecule has 0 spiro atoms. The third kappa shape index (κ3) is 4.61. The van der Waals surface area contributed by atoms with Crippen LogP contribution in [0.3, 0.4) is 0 Å². The number of carbonyl (C=O) groups excluding carboxylic acids is 3. The Morgan fingerprint density at radius 3 is 2.10 bits per heavy atom. The first kappa shape index (κ1) is 17.3. The number of amides is 3. The molecule has 0 aromatic rings. The third-order valence-corrected chi connectivity index (χ3v) is 3.96. The highest BCUT2D eigenvalue weighted by atomic mass is 16.5. The Hall–Kier alpha value is -1.79. The average Bonchev–Trinajstić information content (AvgIpc) is 2.50. The lowest BCUT2D eigenvalue weighted by atomic mass is 9.99. The Kier molecular flexibility index (Phi) is 6.45. The molecule has 7 heteroatoms. The van der Waals surface area contributed by atoms with Crippen LogP contribution >= 0.6 is 0 Å². The highest BCUT2D eigenvalue weighted by Gasteiger charge is 2.30. The zero-order valence-corrected chi connectivity index (χ0v) is 13.2. The quantitative estimate of drug-likeness (QED) is 0.764. The largest absolute Gasteiger partial charge is 0.467 e. The van der Waals surface area contributed by atoms with Crippen molar-refractivity contribution in [1.29, 1.82) is 0 Å². The van der Waals surface area contributed by atoms with E-state index in [1.165, 1.54) is 14.0 Å². The van der Waals surface area contributed by atoms with Gasteiger partial charge in [0.1, 0.15) is 6.04 Å². The summed E-state index contributed by atoms with van der Waals surface area (Å²) < 4.78 is 4.75. The van der Waals surface area contributed by atoms with E-state index in [2.05, 4.69) is 5.32 Å². The molecule has 1 fully saturated rings. The topological polar surface area (TPSA) is 79.0 Å². The lowest BCUT2D eigenvalue weighted by Gasteiger charge is -2.35. The Labute approximate surface area is 125 Å². The van der Waals surface area contributed by atoms with E-state index in [0.29, 0.717) is 26.2 Å². The number of rotatable bonds is 4. The molecule has 120 valence electrons. The van der Waals surface area contributed by atoms with Gasteiger partial charge in [0.25, 0.3) is 0 Å². The van der Waals surface area contributed by atoms with Crippen molar-refractivity contribution in [2.24, 2.45) is 5.92 Å². The first-order chi connectivity index (χ1) is 9.90. The molecule has 1 aliphatic heterocycles. The van der Waals surface area contributed by atoms with Crippen LogP contribution in [0, 0.1) is 5.92 Å². The third-order valence-electron chi connectivity index (χ3n) is 3.96. The molecule has 0 saturated carbocycles. The molecule has 0 aliphatic carbocycles. The molecule has 21 heavy (non-hydrogen) atoms. The summed E-state index contributed by atoms with van der Waals surface area (Å²) in [7, 11) is 1.31. The molecule has 0 aromatic carbocycles. The predicted octanol–water partition coefficient (Wildman–Crippen LogP) is 0.448. The summed E-state index contributed by atoms with van der Waals surface area (Å²) in [5.41, 5.74) is 0. The minimum absolute atomic E-state index is 0.0000846. The smallest absolute Gasteiger partial charge is 0.328 e. The molecular formula is C14H25N3O4. The fourth-order valence-electron chi connectivity index (χ4n) is 2.24. The molecule has 7 nitrogen and oxygen atoms in total. The van der Waals surface area contributed by atoms with Crippen LogP contribution in [0.25, 0.3) is 0 Å². The van der Waals surface area contributed by atoms with E-state index >= 15 is 0 Å². The SMILES string of the molecule is CCC(C)C(NC(=O)N1CCN(C(C)=O)CC1)C(=O)OC. The molecule has 1 saturated heterocycles. The maximum atomic E-state index is 12.2. The van der Waals surface area contributed by atoms with Crippen molar-refractivity contribution in [3.8, 4) is 0 Å². The van der Waals surface area contributed by atoms with Gasteiger partial charge in [-0.3, -0.25) is 4.79 Å². The summed E-state index contributed by atoms with van der Waals surface area (Å²) in [6.45, 7) is 7.36. The van der Waals surface area contributed by atoms with E-state index in [0.717, 1.165) is 6.42 Å². The minimum atomic E-state index is -0.640. The molecule has 0 bridgehead atoms. The summed E-state index contributed by atoms with van der Waals surface area (Å²) in [6.07, 6.45) is 0.762. The van der Waals surface area contributed by atoms with Crippen molar-refractivity contribution < 1.29 is 19.1 Å². The molecule has 3 amide bonds. The van der Waals surface area contributed by atoms with E-state index in [4.69, 9.17) is 4.74 Å². The second kappa shape index (κ2) is 7.85. The van der Waals surface area contributed by atoms with Gasteiger partial charge in [0.05, 0.1) is 7.11 Å². The summed E-state index contributed by atoms with van der Waals surface area (Å²) in [6, 6.07) is -0.924. The molecule has 0 aromatic heterocycles. The Balaban J connectivity index is 2.58. The first-order valence-corrected chi connectivity index (χ1v) is 7.29. The first-order valence-electron chi connectivity index (χ1n) is 7.29. The van der Waals surface area contributed by atoms with Crippen LogP contribution in [0.1, 0.15) is 27.2 Å². The second-order valence-electron chi connectivity index (χ2n) is 5.33. The molecule has 1 N–H and O–H groups in total. The lowest BCUT2D eigenvalue weighted by molar-refractivity contribution is -0.144. The van der Waals surface area contributed by atoms with Gasteiger partial charge < -0.3 is 19.9 Å². The molecule has 1 aliphatic rings. The maximum absolute atomic E-state index is 12.2. The highest BCUT2D eigenvalue weighted by molar-refractivity contribution is 5.84. The molecule has 0 radical (unpaired) electrons. The molecule has 2 atom stereocenters. The van der Waals surface area contributed by atoms with Crippen molar-refractivity contribution in [3.05, 3.63) is 0 Å². The molecule has 1 rings (SSSR count). The fraction of sp³-hybridized carbons (Fsp3) is 0.786. The summed E-state index contributed by atoms with van der Waals surface area (Å²) in [4.78, 5) is 38.6. The number of methoxy groups -OCH3 is 1. The molecular weight excluding hydrogens is 274 g/mol.